The van der Waals surface area contributed by atoms with Gasteiger partial charge >= 0.3 is 0 Å². The molecule has 0 aliphatic heterocycles. The standard InChI is InChI=1S/C12H8Cl2FNO/c13-7-1-2-9(11(14)3-7)10-4-8(15)5-16-12(10)6-17/h1-5,17H,6H2. The van der Waals surface area contributed by atoms with Crippen LogP contribution in [0.15, 0.2) is 30.5 Å². The Labute approximate surface area is 108 Å². The van der Waals surface area contributed by atoms with E-state index in [1.165, 1.54) is 6.07 Å². The Bertz CT molecular complexity index is 560. The van der Waals surface area contributed by atoms with Gasteiger partial charge < -0.3 is 5.11 Å². The highest BCUT2D eigenvalue weighted by molar-refractivity contribution is 6.36. The van der Waals surface area contributed by atoms with Crippen LogP contribution in [-0.4, -0.2) is 10.1 Å². The van der Waals surface area contributed by atoms with Crippen LogP contribution in [0.4, 0.5) is 4.39 Å². The maximum absolute atomic E-state index is 13.2. The molecule has 0 atom stereocenters. The second-order valence-electron chi connectivity index (χ2n) is 3.43. The van der Waals surface area contributed by atoms with Crippen molar-refractivity contribution in [3.63, 3.8) is 0 Å². The second-order valence-corrected chi connectivity index (χ2v) is 4.27. The van der Waals surface area contributed by atoms with Crippen molar-refractivity contribution in [3.05, 3.63) is 52.0 Å². The van der Waals surface area contributed by atoms with Gasteiger partial charge in [0, 0.05) is 21.2 Å². The average Bonchev–Trinajstić information content (AvgIpc) is 2.29. The topological polar surface area (TPSA) is 33.1 Å². The number of aliphatic hydroxyl groups excluding tert-OH is 1. The molecule has 0 saturated heterocycles. The molecule has 0 unspecified atom stereocenters. The monoisotopic (exact) mass is 271 g/mol. The van der Waals surface area contributed by atoms with Crippen LogP contribution in [0.1, 0.15) is 5.69 Å². The van der Waals surface area contributed by atoms with Crippen LogP contribution in [0.2, 0.25) is 10.0 Å². The van der Waals surface area contributed by atoms with Crippen molar-refractivity contribution < 1.29 is 9.50 Å². The predicted molar refractivity (Wildman–Crippen MR) is 65.6 cm³/mol. The van der Waals surface area contributed by atoms with E-state index < -0.39 is 5.82 Å². The van der Waals surface area contributed by atoms with Gasteiger partial charge in [0.2, 0.25) is 0 Å². The fourth-order valence-electron chi connectivity index (χ4n) is 1.53. The van der Waals surface area contributed by atoms with E-state index in [2.05, 4.69) is 4.98 Å². The Balaban J connectivity index is 2.62. The number of pyridine rings is 1. The van der Waals surface area contributed by atoms with Crippen LogP contribution in [0.5, 0.6) is 0 Å². The number of hydrogen-bond acceptors (Lipinski definition) is 2. The zero-order valence-electron chi connectivity index (χ0n) is 8.62. The van der Waals surface area contributed by atoms with E-state index in [-0.39, 0.29) is 6.61 Å². The van der Waals surface area contributed by atoms with E-state index in [0.29, 0.717) is 26.9 Å². The third kappa shape index (κ3) is 2.57. The molecule has 0 amide bonds. The number of aliphatic hydroxyl groups is 1. The van der Waals surface area contributed by atoms with Crippen LogP contribution in [0.3, 0.4) is 0 Å². The predicted octanol–water partition coefficient (Wildman–Crippen LogP) is 3.69. The van der Waals surface area contributed by atoms with Gasteiger partial charge in [0.1, 0.15) is 5.82 Å². The molecule has 1 N–H and O–H groups in total. The van der Waals surface area contributed by atoms with Crippen LogP contribution in [0.25, 0.3) is 11.1 Å². The summed E-state index contributed by atoms with van der Waals surface area (Å²) in [6.07, 6.45) is 1.05. The number of rotatable bonds is 2. The molecule has 2 nitrogen and oxygen atoms in total. The quantitative estimate of drug-likeness (QED) is 0.904. The number of benzene rings is 1. The molecule has 5 heteroatoms. The minimum absolute atomic E-state index is 0.283. The first-order valence-electron chi connectivity index (χ1n) is 4.82. The van der Waals surface area contributed by atoms with Crippen LogP contribution >= 0.6 is 23.2 Å². The Morgan fingerprint density at radius 3 is 2.59 bits per heavy atom. The van der Waals surface area contributed by atoms with Crippen LogP contribution < -0.4 is 0 Å². The molecule has 0 aliphatic rings. The lowest BCUT2D eigenvalue weighted by Crippen LogP contribution is -1.95. The summed E-state index contributed by atoms with van der Waals surface area (Å²) in [6.45, 7) is -0.283. The van der Waals surface area contributed by atoms with E-state index in [4.69, 9.17) is 28.3 Å². The molecule has 0 spiro atoms. The van der Waals surface area contributed by atoms with Crippen molar-refractivity contribution in [2.45, 2.75) is 6.61 Å². The van der Waals surface area contributed by atoms with Crippen LogP contribution in [0, 0.1) is 5.82 Å². The van der Waals surface area contributed by atoms with Gasteiger partial charge in [0.15, 0.2) is 0 Å². The molecule has 17 heavy (non-hydrogen) atoms. The summed E-state index contributed by atoms with van der Waals surface area (Å²) < 4.78 is 13.2. The van der Waals surface area contributed by atoms with Gasteiger partial charge in [0.05, 0.1) is 18.5 Å². The minimum atomic E-state index is -0.483. The summed E-state index contributed by atoms with van der Waals surface area (Å²) in [4.78, 5) is 3.82. The van der Waals surface area contributed by atoms with Crippen molar-refractivity contribution in [1.82, 2.24) is 4.98 Å². The second kappa shape index (κ2) is 5.00. The van der Waals surface area contributed by atoms with Crippen molar-refractivity contribution in [3.8, 4) is 11.1 Å². The SMILES string of the molecule is OCc1ncc(F)cc1-c1ccc(Cl)cc1Cl. The van der Waals surface area contributed by atoms with Gasteiger partial charge in [-0.2, -0.15) is 0 Å². The molecule has 2 rings (SSSR count). The van der Waals surface area contributed by atoms with Crippen molar-refractivity contribution >= 4 is 23.2 Å². The molecular weight excluding hydrogens is 264 g/mol. The normalized spacial score (nSPS) is 10.6. The highest BCUT2D eigenvalue weighted by atomic mass is 35.5. The van der Waals surface area contributed by atoms with Crippen LogP contribution in [-0.2, 0) is 6.61 Å². The first kappa shape index (κ1) is 12.3. The van der Waals surface area contributed by atoms with E-state index in [0.717, 1.165) is 6.20 Å². The molecule has 0 saturated carbocycles. The van der Waals surface area contributed by atoms with Crippen molar-refractivity contribution in [1.29, 1.82) is 0 Å². The molecule has 0 bridgehead atoms. The maximum Gasteiger partial charge on any atom is 0.142 e. The highest BCUT2D eigenvalue weighted by Crippen LogP contribution is 2.32. The smallest absolute Gasteiger partial charge is 0.142 e. The molecule has 0 fully saturated rings. The Morgan fingerprint density at radius 2 is 1.94 bits per heavy atom. The molecule has 1 aromatic carbocycles. The zero-order valence-corrected chi connectivity index (χ0v) is 10.1. The summed E-state index contributed by atoms with van der Waals surface area (Å²) in [7, 11) is 0. The molecular formula is C12H8Cl2FNO. The summed E-state index contributed by atoms with van der Waals surface area (Å²) >= 11 is 11.8. The summed E-state index contributed by atoms with van der Waals surface area (Å²) in [6, 6.07) is 6.16. The minimum Gasteiger partial charge on any atom is -0.390 e. The first-order chi connectivity index (χ1) is 8.11. The fraction of sp³-hybridized carbons (Fsp3) is 0.0833. The maximum atomic E-state index is 13.2. The Kier molecular flexibility index (Phi) is 3.62. The van der Waals surface area contributed by atoms with Gasteiger partial charge in [-0.1, -0.05) is 29.3 Å². The lowest BCUT2D eigenvalue weighted by atomic mass is 10.0. The van der Waals surface area contributed by atoms with E-state index in [9.17, 15) is 4.39 Å². The van der Waals surface area contributed by atoms with Gasteiger partial charge in [-0.3, -0.25) is 4.98 Å². The third-order valence-electron chi connectivity index (χ3n) is 2.31. The fourth-order valence-corrected chi connectivity index (χ4v) is 2.04. The number of nitrogens with zero attached hydrogens (tertiary/aromatic N) is 1. The van der Waals surface area contributed by atoms with Crippen molar-refractivity contribution in [2.24, 2.45) is 0 Å². The molecule has 1 aromatic heterocycles. The number of hydrogen-bond donors (Lipinski definition) is 1. The lowest BCUT2D eigenvalue weighted by Gasteiger charge is -2.09. The van der Waals surface area contributed by atoms with Gasteiger partial charge in [-0.25, -0.2) is 4.39 Å². The molecule has 88 valence electrons. The zero-order chi connectivity index (χ0) is 12.4. The Hall–Kier alpha value is -1.16. The number of aromatic nitrogens is 1. The summed E-state index contributed by atoms with van der Waals surface area (Å²) in [5.74, 6) is -0.483. The largest absolute Gasteiger partial charge is 0.390 e. The third-order valence-corrected chi connectivity index (χ3v) is 2.86. The van der Waals surface area contributed by atoms with E-state index in [1.807, 2.05) is 0 Å². The average molecular weight is 272 g/mol. The van der Waals surface area contributed by atoms with E-state index >= 15 is 0 Å². The van der Waals surface area contributed by atoms with Gasteiger partial charge in [-0.05, 0) is 18.2 Å². The van der Waals surface area contributed by atoms with Gasteiger partial charge in [-0.15, -0.1) is 0 Å². The highest BCUT2D eigenvalue weighted by Gasteiger charge is 2.11. The van der Waals surface area contributed by atoms with E-state index in [1.54, 1.807) is 18.2 Å². The lowest BCUT2D eigenvalue weighted by molar-refractivity contribution is 0.277. The molecule has 0 aliphatic carbocycles. The molecule has 2 aromatic rings. The van der Waals surface area contributed by atoms with Crippen molar-refractivity contribution in [2.75, 3.05) is 0 Å². The number of halogens is 3. The summed E-state index contributed by atoms with van der Waals surface area (Å²) in [5, 5.41) is 10.0. The Morgan fingerprint density at radius 1 is 1.18 bits per heavy atom. The molecule has 0 radical (unpaired) electrons. The first-order valence-corrected chi connectivity index (χ1v) is 5.58. The summed E-state index contributed by atoms with van der Waals surface area (Å²) in [5.41, 5.74) is 1.43. The van der Waals surface area contributed by atoms with Gasteiger partial charge in [0.25, 0.3) is 0 Å². The molecule has 1 heterocycles.